The number of esters is 1. The molecule has 0 bridgehead atoms. The van der Waals surface area contributed by atoms with Crippen LogP contribution in [0, 0.1) is 0 Å². The number of hydrogen-bond acceptors (Lipinski definition) is 5. The highest BCUT2D eigenvalue weighted by Gasteiger charge is 2.21. The van der Waals surface area contributed by atoms with Crippen LogP contribution in [0.15, 0.2) is 12.2 Å². The van der Waals surface area contributed by atoms with Crippen molar-refractivity contribution in [1.29, 1.82) is 0 Å². The fraction of sp³-hybridized carbons (Fsp3) is 0.750. The van der Waals surface area contributed by atoms with Crippen molar-refractivity contribution in [2.45, 2.75) is 45.5 Å². The summed E-state index contributed by atoms with van der Waals surface area (Å²) < 4.78 is 10.1. The number of ether oxygens (including phenoxy) is 2. The molecule has 0 N–H and O–H groups in total. The SMILES string of the molecule is C=C(C(=O)OCC)C(C)OOC1CCCCO1. The van der Waals surface area contributed by atoms with Gasteiger partial charge in [0.05, 0.1) is 12.2 Å². The summed E-state index contributed by atoms with van der Waals surface area (Å²) in [7, 11) is 0. The molecule has 0 aromatic heterocycles. The van der Waals surface area contributed by atoms with E-state index in [0.29, 0.717) is 13.2 Å². The smallest absolute Gasteiger partial charge is 0.336 e. The molecule has 5 nitrogen and oxygen atoms in total. The molecule has 0 saturated carbocycles. The molecular formula is C12H20O5. The van der Waals surface area contributed by atoms with E-state index in [9.17, 15) is 4.79 Å². The summed E-state index contributed by atoms with van der Waals surface area (Å²) in [5.41, 5.74) is 0.239. The number of carbonyl (C=O) groups excluding carboxylic acids is 1. The largest absolute Gasteiger partial charge is 0.463 e. The molecule has 0 aromatic rings. The molecule has 2 unspecified atom stereocenters. The number of hydrogen-bond donors (Lipinski definition) is 0. The van der Waals surface area contributed by atoms with Crippen molar-refractivity contribution in [2.24, 2.45) is 0 Å². The molecule has 1 heterocycles. The van der Waals surface area contributed by atoms with E-state index in [1.54, 1.807) is 13.8 Å². The Hall–Kier alpha value is -0.910. The maximum absolute atomic E-state index is 11.3. The predicted molar refractivity (Wildman–Crippen MR) is 61.0 cm³/mol. The highest BCUT2D eigenvalue weighted by Crippen LogP contribution is 2.16. The molecule has 98 valence electrons. The highest BCUT2D eigenvalue weighted by atomic mass is 17.2. The minimum absolute atomic E-state index is 0.239. The van der Waals surface area contributed by atoms with Gasteiger partial charge in [0.2, 0.25) is 0 Å². The third-order valence-corrected chi connectivity index (χ3v) is 2.47. The van der Waals surface area contributed by atoms with E-state index in [1.807, 2.05) is 0 Å². The molecule has 1 fully saturated rings. The van der Waals surface area contributed by atoms with Crippen LogP contribution in [0.2, 0.25) is 0 Å². The zero-order valence-corrected chi connectivity index (χ0v) is 10.4. The molecule has 0 spiro atoms. The van der Waals surface area contributed by atoms with Gasteiger partial charge in [-0.15, -0.1) is 0 Å². The Balaban J connectivity index is 2.25. The summed E-state index contributed by atoms with van der Waals surface area (Å²) in [6, 6.07) is 0. The topological polar surface area (TPSA) is 54.0 Å². The molecule has 1 aliphatic heterocycles. The summed E-state index contributed by atoms with van der Waals surface area (Å²) in [5.74, 6) is -0.465. The van der Waals surface area contributed by atoms with E-state index in [1.165, 1.54) is 0 Å². The fourth-order valence-corrected chi connectivity index (χ4v) is 1.38. The van der Waals surface area contributed by atoms with Crippen LogP contribution in [0.4, 0.5) is 0 Å². The molecule has 5 heteroatoms. The second kappa shape index (κ2) is 7.42. The average Bonchev–Trinajstić information content (AvgIpc) is 2.36. The van der Waals surface area contributed by atoms with Gasteiger partial charge in [0.25, 0.3) is 0 Å². The minimum atomic E-state index is -0.542. The van der Waals surface area contributed by atoms with Crippen LogP contribution < -0.4 is 0 Å². The molecule has 1 rings (SSSR count). The van der Waals surface area contributed by atoms with E-state index in [4.69, 9.17) is 19.2 Å². The zero-order chi connectivity index (χ0) is 12.7. The maximum Gasteiger partial charge on any atom is 0.336 e. The van der Waals surface area contributed by atoms with Gasteiger partial charge in [-0.05, 0) is 26.7 Å². The van der Waals surface area contributed by atoms with Crippen LogP contribution in [0.5, 0.6) is 0 Å². The van der Waals surface area contributed by atoms with Crippen LogP contribution in [-0.4, -0.2) is 31.6 Å². The first kappa shape index (κ1) is 14.2. The zero-order valence-electron chi connectivity index (χ0n) is 10.4. The average molecular weight is 244 g/mol. The van der Waals surface area contributed by atoms with Crippen LogP contribution >= 0.6 is 0 Å². The van der Waals surface area contributed by atoms with E-state index in [0.717, 1.165) is 19.3 Å². The monoisotopic (exact) mass is 244 g/mol. The number of carbonyl (C=O) groups is 1. The van der Waals surface area contributed by atoms with Crippen molar-refractivity contribution in [3.63, 3.8) is 0 Å². The fourth-order valence-electron chi connectivity index (χ4n) is 1.38. The van der Waals surface area contributed by atoms with Gasteiger partial charge in [-0.1, -0.05) is 6.58 Å². The Bertz CT molecular complexity index is 258. The summed E-state index contributed by atoms with van der Waals surface area (Å²) in [6.45, 7) is 8.04. The first-order valence-corrected chi connectivity index (χ1v) is 5.94. The molecule has 17 heavy (non-hydrogen) atoms. The Labute approximate surface area is 102 Å². The van der Waals surface area contributed by atoms with Crippen molar-refractivity contribution in [1.82, 2.24) is 0 Å². The van der Waals surface area contributed by atoms with Gasteiger partial charge in [0.15, 0.2) is 6.29 Å². The third-order valence-electron chi connectivity index (χ3n) is 2.47. The van der Waals surface area contributed by atoms with Crippen molar-refractivity contribution < 1.29 is 24.0 Å². The van der Waals surface area contributed by atoms with Gasteiger partial charge in [0, 0.05) is 13.0 Å². The van der Waals surface area contributed by atoms with Crippen LogP contribution in [-0.2, 0) is 24.0 Å². The van der Waals surface area contributed by atoms with Crippen molar-refractivity contribution in [3.8, 4) is 0 Å². The summed E-state index contributed by atoms with van der Waals surface area (Å²) in [6.07, 6.45) is 2.02. The van der Waals surface area contributed by atoms with Crippen LogP contribution in [0.3, 0.4) is 0 Å². The Morgan fingerprint density at radius 1 is 1.53 bits per heavy atom. The lowest BCUT2D eigenvalue weighted by Gasteiger charge is -2.23. The Kier molecular flexibility index (Phi) is 6.18. The van der Waals surface area contributed by atoms with Gasteiger partial charge in [-0.3, -0.25) is 0 Å². The van der Waals surface area contributed by atoms with Crippen LogP contribution in [0.1, 0.15) is 33.1 Å². The highest BCUT2D eigenvalue weighted by molar-refractivity contribution is 5.88. The second-order valence-electron chi connectivity index (χ2n) is 3.88. The molecular weight excluding hydrogens is 224 g/mol. The molecule has 0 radical (unpaired) electrons. The molecule has 0 aliphatic carbocycles. The predicted octanol–water partition coefficient (Wildman–Crippen LogP) is 1.97. The summed E-state index contributed by atoms with van der Waals surface area (Å²) in [4.78, 5) is 21.5. The van der Waals surface area contributed by atoms with Crippen molar-refractivity contribution in [2.75, 3.05) is 13.2 Å². The first-order valence-electron chi connectivity index (χ1n) is 5.94. The second-order valence-corrected chi connectivity index (χ2v) is 3.88. The Morgan fingerprint density at radius 3 is 2.88 bits per heavy atom. The molecule has 0 amide bonds. The third kappa shape index (κ3) is 4.85. The molecule has 2 atom stereocenters. The van der Waals surface area contributed by atoms with Gasteiger partial charge >= 0.3 is 5.97 Å². The lowest BCUT2D eigenvalue weighted by molar-refractivity contribution is -0.396. The van der Waals surface area contributed by atoms with E-state index < -0.39 is 12.1 Å². The Morgan fingerprint density at radius 2 is 2.29 bits per heavy atom. The lowest BCUT2D eigenvalue weighted by atomic mass is 10.2. The van der Waals surface area contributed by atoms with Gasteiger partial charge in [-0.2, -0.15) is 0 Å². The number of rotatable bonds is 6. The normalized spacial score (nSPS) is 21.9. The summed E-state index contributed by atoms with van der Waals surface area (Å²) in [5, 5.41) is 0. The summed E-state index contributed by atoms with van der Waals surface area (Å²) >= 11 is 0. The first-order chi connectivity index (χ1) is 8.15. The van der Waals surface area contributed by atoms with Crippen LogP contribution in [0.25, 0.3) is 0 Å². The lowest BCUT2D eigenvalue weighted by Crippen LogP contribution is -2.26. The van der Waals surface area contributed by atoms with Crippen molar-refractivity contribution in [3.05, 3.63) is 12.2 Å². The van der Waals surface area contributed by atoms with E-state index in [2.05, 4.69) is 6.58 Å². The van der Waals surface area contributed by atoms with Gasteiger partial charge in [-0.25, -0.2) is 14.6 Å². The van der Waals surface area contributed by atoms with Crippen molar-refractivity contribution >= 4 is 5.97 Å². The van der Waals surface area contributed by atoms with Gasteiger partial charge in [0.1, 0.15) is 6.10 Å². The minimum Gasteiger partial charge on any atom is -0.463 e. The quantitative estimate of drug-likeness (QED) is 0.309. The maximum atomic E-state index is 11.3. The molecule has 1 saturated heterocycles. The van der Waals surface area contributed by atoms with Gasteiger partial charge < -0.3 is 9.47 Å². The van der Waals surface area contributed by atoms with E-state index in [-0.39, 0.29) is 11.9 Å². The molecule has 1 aliphatic rings. The molecule has 0 aromatic carbocycles. The van der Waals surface area contributed by atoms with E-state index >= 15 is 0 Å². The standard InChI is InChI=1S/C12H20O5/c1-4-14-12(13)9(2)10(3)16-17-11-7-5-6-8-15-11/h10-11H,2,4-8H2,1,3H3.